The molecule has 1 N–H and O–H groups in total. The fourth-order valence-corrected chi connectivity index (χ4v) is 2.34. The molecule has 0 aliphatic rings. The van der Waals surface area contributed by atoms with E-state index >= 15 is 0 Å². The van der Waals surface area contributed by atoms with Crippen molar-refractivity contribution in [1.29, 1.82) is 0 Å². The second-order valence-electron chi connectivity index (χ2n) is 3.67. The van der Waals surface area contributed by atoms with Crippen molar-refractivity contribution in [1.82, 2.24) is 10.3 Å². The molecule has 0 amide bonds. The zero-order valence-electron chi connectivity index (χ0n) is 9.29. The SMILES string of the molecule is CCC(CC)CC(NC)c1cscn1. The highest BCUT2D eigenvalue weighted by Crippen LogP contribution is 2.24. The summed E-state index contributed by atoms with van der Waals surface area (Å²) < 4.78 is 0. The van der Waals surface area contributed by atoms with Gasteiger partial charge >= 0.3 is 0 Å². The summed E-state index contributed by atoms with van der Waals surface area (Å²) in [6.45, 7) is 4.53. The maximum absolute atomic E-state index is 4.37. The molecule has 2 nitrogen and oxygen atoms in total. The second-order valence-corrected chi connectivity index (χ2v) is 4.39. The van der Waals surface area contributed by atoms with Crippen LogP contribution in [0.3, 0.4) is 0 Å². The molecule has 1 atom stereocenters. The molecular weight excluding hydrogens is 192 g/mol. The molecule has 3 heteroatoms. The first-order valence-corrected chi connectivity index (χ1v) is 6.31. The first kappa shape index (κ1) is 11.7. The summed E-state index contributed by atoms with van der Waals surface area (Å²) >= 11 is 1.67. The van der Waals surface area contributed by atoms with E-state index in [0.717, 1.165) is 5.92 Å². The fraction of sp³-hybridized carbons (Fsp3) is 0.727. The standard InChI is InChI=1S/C11H20N2S/c1-4-9(5-2)6-10(12-3)11-7-14-8-13-11/h7-10,12H,4-6H2,1-3H3. The molecule has 1 heterocycles. The lowest BCUT2D eigenvalue weighted by Crippen LogP contribution is -2.19. The van der Waals surface area contributed by atoms with Crippen LogP contribution in [-0.4, -0.2) is 12.0 Å². The molecule has 1 rings (SSSR count). The molecule has 1 aromatic rings. The Balaban J connectivity index is 2.55. The van der Waals surface area contributed by atoms with Gasteiger partial charge in [-0.1, -0.05) is 26.7 Å². The van der Waals surface area contributed by atoms with Crippen LogP contribution in [0.1, 0.15) is 44.8 Å². The Bertz CT molecular complexity index is 229. The minimum Gasteiger partial charge on any atom is -0.312 e. The molecule has 0 fully saturated rings. The van der Waals surface area contributed by atoms with Crippen molar-refractivity contribution < 1.29 is 0 Å². The van der Waals surface area contributed by atoms with Crippen LogP contribution < -0.4 is 5.32 Å². The highest BCUT2D eigenvalue weighted by atomic mass is 32.1. The summed E-state index contributed by atoms with van der Waals surface area (Å²) in [4.78, 5) is 4.37. The molecule has 14 heavy (non-hydrogen) atoms. The molecule has 0 radical (unpaired) electrons. The van der Waals surface area contributed by atoms with Gasteiger partial charge in [-0.2, -0.15) is 0 Å². The summed E-state index contributed by atoms with van der Waals surface area (Å²) in [5.74, 6) is 0.814. The van der Waals surface area contributed by atoms with Crippen molar-refractivity contribution in [2.24, 2.45) is 5.92 Å². The summed E-state index contributed by atoms with van der Waals surface area (Å²) in [5, 5.41) is 5.49. The molecule has 1 aromatic heterocycles. The van der Waals surface area contributed by atoms with Crippen LogP contribution >= 0.6 is 11.3 Å². The monoisotopic (exact) mass is 212 g/mol. The van der Waals surface area contributed by atoms with E-state index in [-0.39, 0.29) is 0 Å². The zero-order valence-corrected chi connectivity index (χ0v) is 10.1. The van der Waals surface area contributed by atoms with Gasteiger partial charge in [0.15, 0.2) is 0 Å². The van der Waals surface area contributed by atoms with Crippen LogP contribution in [0.2, 0.25) is 0 Å². The van der Waals surface area contributed by atoms with Gasteiger partial charge in [0.2, 0.25) is 0 Å². The van der Waals surface area contributed by atoms with Gasteiger partial charge in [0, 0.05) is 5.38 Å². The minimum absolute atomic E-state index is 0.436. The molecule has 1 unspecified atom stereocenters. The third-order valence-corrected chi connectivity index (χ3v) is 3.49. The Morgan fingerprint density at radius 2 is 2.14 bits per heavy atom. The van der Waals surface area contributed by atoms with Crippen molar-refractivity contribution in [3.8, 4) is 0 Å². The number of thiazole rings is 1. The van der Waals surface area contributed by atoms with E-state index in [1.807, 2.05) is 12.6 Å². The van der Waals surface area contributed by atoms with E-state index in [4.69, 9.17) is 0 Å². The van der Waals surface area contributed by atoms with E-state index in [1.165, 1.54) is 25.0 Å². The largest absolute Gasteiger partial charge is 0.312 e. The van der Waals surface area contributed by atoms with Crippen molar-refractivity contribution in [3.05, 3.63) is 16.6 Å². The van der Waals surface area contributed by atoms with Crippen LogP contribution in [0, 0.1) is 5.92 Å². The first-order valence-electron chi connectivity index (χ1n) is 5.37. The Hall–Kier alpha value is -0.410. The van der Waals surface area contributed by atoms with Gasteiger partial charge in [-0.05, 0) is 19.4 Å². The minimum atomic E-state index is 0.436. The summed E-state index contributed by atoms with van der Waals surface area (Å²) in [5.41, 5.74) is 3.11. The van der Waals surface area contributed by atoms with Crippen molar-refractivity contribution in [3.63, 3.8) is 0 Å². The van der Waals surface area contributed by atoms with Gasteiger partial charge in [-0.3, -0.25) is 0 Å². The fourth-order valence-electron chi connectivity index (χ4n) is 1.74. The summed E-state index contributed by atoms with van der Waals surface area (Å²) in [7, 11) is 2.02. The number of aromatic nitrogens is 1. The lowest BCUT2D eigenvalue weighted by atomic mass is 9.94. The molecule has 80 valence electrons. The Morgan fingerprint density at radius 1 is 1.43 bits per heavy atom. The number of hydrogen-bond donors (Lipinski definition) is 1. The van der Waals surface area contributed by atoms with E-state index in [2.05, 4.69) is 29.5 Å². The van der Waals surface area contributed by atoms with Gasteiger partial charge < -0.3 is 5.32 Å². The van der Waals surface area contributed by atoms with Crippen molar-refractivity contribution in [2.45, 2.75) is 39.2 Å². The average Bonchev–Trinajstić information content (AvgIpc) is 2.73. The van der Waals surface area contributed by atoms with Crippen LogP contribution in [-0.2, 0) is 0 Å². The highest BCUT2D eigenvalue weighted by molar-refractivity contribution is 7.07. The maximum Gasteiger partial charge on any atom is 0.0795 e. The quantitative estimate of drug-likeness (QED) is 0.783. The topological polar surface area (TPSA) is 24.9 Å². The summed E-state index contributed by atoms with van der Waals surface area (Å²) in [6, 6.07) is 0.436. The first-order chi connectivity index (χ1) is 6.81. The molecular formula is C11H20N2S. The molecule has 0 aromatic carbocycles. The molecule has 0 saturated heterocycles. The smallest absolute Gasteiger partial charge is 0.0795 e. The van der Waals surface area contributed by atoms with E-state index in [1.54, 1.807) is 11.3 Å². The van der Waals surface area contributed by atoms with Crippen LogP contribution in [0.25, 0.3) is 0 Å². The van der Waals surface area contributed by atoms with E-state index < -0.39 is 0 Å². The normalized spacial score (nSPS) is 13.4. The third kappa shape index (κ3) is 3.07. The lowest BCUT2D eigenvalue weighted by molar-refractivity contribution is 0.381. The van der Waals surface area contributed by atoms with E-state index in [9.17, 15) is 0 Å². The highest BCUT2D eigenvalue weighted by Gasteiger charge is 2.15. The van der Waals surface area contributed by atoms with Crippen LogP contribution in [0.4, 0.5) is 0 Å². The average molecular weight is 212 g/mol. The van der Waals surface area contributed by atoms with E-state index in [0.29, 0.717) is 6.04 Å². The predicted molar refractivity (Wildman–Crippen MR) is 62.6 cm³/mol. The zero-order chi connectivity index (χ0) is 10.4. The van der Waals surface area contributed by atoms with Gasteiger partial charge in [0.05, 0.1) is 17.2 Å². The molecule has 0 aliphatic carbocycles. The number of nitrogens with one attached hydrogen (secondary N) is 1. The van der Waals surface area contributed by atoms with Crippen LogP contribution in [0.15, 0.2) is 10.9 Å². The Morgan fingerprint density at radius 3 is 2.57 bits per heavy atom. The van der Waals surface area contributed by atoms with Crippen molar-refractivity contribution in [2.75, 3.05) is 7.05 Å². The maximum atomic E-state index is 4.37. The van der Waals surface area contributed by atoms with Gasteiger partial charge in [0.1, 0.15) is 0 Å². The molecule has 0 bridgehead atoms. The number of nitrogens with zero attached hydrogens (tertiary/aromatic N) is 1. The lowest BCUT2D eigenvalue weighted by Gasteiger charge is -2.19. The third-order valence-electron chi connectivity index (χ3n) is 2.88. The summed E-state index contributed by atoms with van der Waals surface area (Å²) in [6.07, 6.45) is 3.73. The molecule has 0 saturated carbocycles. The van der Waals surface area contributed by atoms with Gasteiger partial charge in [-0.25, -0.2) is 4.98 Å². The van der Waals surface area contributed by atoms with Crippen LogP contribution in [0.5, 0.6) is 0 Å². The van der Waals surface area contributed by atoms with Crippen molar-refractivity contribution >= 4 is 11.3 Å². The predicted octanol–water partition coefficient (Wildman–Crippen LogP) is 3.23. The molecule has 0 spiro atoms. The number of hydrogen-bond acceptors (Lipinski definition) is 3. The van der Waals surface area contributed by atoms with Gasteiger partial charge in [-0.15, -0.1) is 11.3 Å². The number of rotatable bonds is 6. The Labute approximate surface area is 90.8 Å². The van der Waals surface area contributed by atoms with Gasteiger partial charge in [0.25, 0.3) is 0 Å². The Kier molecular flexibility index (Phi) is 5.12. The second kappa shape index (κ2) is 6.14. The molecule has 0 aliphatic heterocycles.